The van der Waals surface area contributed by atoms with Gasteiger partial charge in [0.2, 0.25) is 0 Å². The van der Waals surface area contributed by atoms with Crippen molar-refractivity contribution in [2.24, 2.45) is 0 Å². The number of benzene rings is 2. The SMILES string of the molecule is C[SiH](C)[Zr+2]([C]1=CC=CC1)[CH]1c2cc(C(C)(C)C)ccc2-c2ccc(C(C)(C)C)cc21.[Cl-].[Cl-]. The molecule has 0 radical (unpaired) electrons. The predicted molar refractivity (Wildman–Crippen MR) is 132 cm³/mol. The van der Waals surface area contributed by atoms with Crippen molar-refractivity contribution in [3.8, 4) is 11.1 Å². The van der Waals surface area contributed by atoms with Gasteiger partial charge in [0, 0.05) is 0 Å². The van der Waals surface area contributed by atoms with E-state index in [1.807, 2.05) is 3.28 Å². The summed E-state index contributed by atoms with van der Waals surface area (Å²) in [6.07, 6.45) is 8.43. The Morgan fingerprint density at radius 1 is 0.781 bits per heavy atom. The van der Waals surface area contributed by atoms with Crippen LogP contribution in [0.2, 0.25) is 13.1 Å². The number of fused-ring (bicyclic) bond motifs is 3. The van der Waals surface area contributed by atoms with Crippen molar-refractivity contribution >= 4 is 5.92 Å². The summed E-state index contributed by atoms with van der Waals surface area (Å²) in [5.41, 5.74) is 9.71. The molecule has 0 amide bonds. The van der Waals surface area contributed by atoms with E-state index in [0.29, 0.717) is 3.63 Å². The molecule has 171 valence electrons. The van der Waals surface area contributed by atoms with Gasteiger partial charge in [-0.1, -0.05) is 0 Å². The van der Waals surface area contributed by atoms with Gasteiger partial charge >= 0.3 is 194 Å². The maximum atomic E-state index is 2.63. The minimum Gasteiger partial charge on any atom is -1.00 e. The van der Waals surface area contributed by atoms with Gasteiger partial charge in [-0.05, 0) is 0 Å². The van der Waals surface area contributed by atoms with Crippen LogP contribution in [0.1, 0.15) is 73.8 Å². The summed E-state index contributed by atoms with van der Waals surface area (Å²) in [7, 11) is 0. The van der Waals surface area contributed by atoms with Gasteiger partial charge in [0.05, 0.1) is 0 Å². The van der Waals surface area contributed by atoms with Crippen LogP contribution in [0.25, 0.3) is 11.1 Å². The molecule has 4 heteroatoms. The van der Waals surface area contributed by atoms with Gasteiger partial charge < -0.3 is 24.8 Å². The van der Waals surface area contributed by atoms with Crippen molar-refractivity contribution in [3.63, 3.8) is 0 Å². The molecule has 2 aliphatic rings. The molecule has 0 bridgehead atoms. The van der Waals surface area contributed by atoms with E-state index in [9.17, 15) is 0 Å². The average molecular weight is 564 g/mol. The molecule has 2 aromatic carbocycles. The molecule has 32 heavy (non-hydrogen) atoms. The second-order valence-corrected chi connectivity index (χ2v) is 31.2. The minimum atomic E-state index is -1.83. The smallest absolute Gasteiger partial charge is 1.00 e. The molecule has 0 saturated heterocycles. The van der Waals surface area contributed by atoms with Gasteiger partial charge in [0.25, 0.3) is 0 Å². The molecule has 0 heterocycles. The Kier molecular flexibility index (Phi) is 8.76. The van der Waals surface area contributed by atoms with Crippen LogP contribution in [0, 0.1) is 0 Å². The second-order valence-electron chi connectivity index (χ2n) is 11.5. The quantitative estimate of drug-likeness (QED) is 0.500. The number of allylic oxidation sites excluding steroid dienone is 4. The van der Waals surface area contributed by atoms with E-state index < -0.39 is 26.8 Å². The van der Waals surface area contributed by atoms with Crippen molar-refractivity contribution in [2.45, 2.75) is 75.5 Å². The van der Waals surface area contributed by atoms with E-state index in [1.165, 1.54) is 28.7 Å². The third-order valence-electron chi connectivity index (χ3n) is 6.82. The Balaban J connectivity index is 0.00000181. The maximum absolute atomic E-state index is 2.63. The Labute approximate surface area is 217 Å². The van der Waals surface area contributed by atoms with Gasteiger partial charge in [-0.2, -0.15) is 0 Å². The fraction of sp³-hybridized carbons (Fsp3) is 0.429. The number of hydrogen-bond donors (Lipinski definition) is 0. The van der Waals surface area contributed by atoms with Crippen LogP contribution in [0.3, 0.4) is 0 Å². The monoisotopic (exact) mass is 561 g/mol. The normalized spacial score (nSPS) is 15.1. The molecule has 0 atom stereocenters. The van der Waals surface area contributed by atoms with Crippen molar-refractivity contribution in [3.05, 3.63) is 80.2 Å². The largest absolute Gasteiger partial charge is 1.00 e. The van der Waals surface area contributed by atoms with Crippen molar-refractivity contribution in [1.82, 2.24) is 0 Å². The van der Waals surface area contributed by atoms with E-state index in [4.69, 9.17) is 0 Å². The fourth-order valence-corrected chi connectivity index (χ4v) is 25.6. The van der Waals surface area contributed by atoms with E-state index in [-0.39, 0.29) is 35.6 Å². The molecular weight excluding hydrogens is 527 g/mol. The van der Waals surface area contributed by atoms with E-state index >= 15 is 0 Å². The fourth-order valence-electron chi connectivity index (χ4n) is 5.08. The van der Waals surface area contributed by atoms with Crippen LogP contribution >= 0.6 is 0 Å². The zero-order valence-corrected chi connectivity index (χ0v) is 25.9. The summed E-state index contributed by atoms with van der Waals surface area (Å²) < 4.78 is 2.55. The van der Waals surface area contributed by atoms with Crippen molar-refractivity contribution in [2.75, 3.05) is 0 Å². The summed E-state index contributed by atoms with van der Waals surface area (Å²) in [5, 5.41) is 0. The topological polar surface area (TPSA) is 0 Å². The van der Waals surface area contributed by atoms with Gasteiger partial charge in [-0.25, -0.2) is 0 Å². The van der Waals surface area contributed by atoms with E-state index in [1.54, 1.807) is 11.1 Å². The molecule has 0 aliphatic heterocycles. The van der Waals surface area contributed by atoms with Crippen molar-refractivity contribution in [1.29, 1.82) is 0 Å². The standard InChI is InChI=1S/C21H25.C5H5.C2H7Si.2ClH.Zr/c1-20(2,3)16-7-9-18-14(12-16)11-15-13-17(21(4,5)6)8-10-19(15)18;1-2-4-5-3-1;1-3-2;;;/h7-13H,1-6H3;1-3H,4H2;3H,1-2H3;2*1H;/q;;;;;+2/p-2. The van der Waals surface area contributed by atoms with Gasteiger partial charge in [-0.3, -0.25) is 0 Å². The number of hydrogen-bond acceptors (Lipinski definition) is 0. The molecular formula is C28H37Cl2SiZr. The first kappa shape index (κ1) is 27.8. The molecule has 2 aromatic rings. The average Bonchev–Trinajstić information content (AvgIpc) is 3.27. The maximum Gasteiger partial charge on any atom is -1.00 e. The summed E-state index contributed by atoms with van der Waals surface area (Å²) in [6.45, 7) is 19.4. The third kappa shape index (κ3) is 5.14. The first-order chi connectivity index (χ1) is 14.0. The Hall–Kier alpha value is -0.400. The Morgan fingerprint density at radius 2 is 1.25 bits per heavy atom. The minimum absolute atomic E-state index is 0. The van der Waals surface area contributed by atoms with Gasteiger partial charge in [-0.15, -0.1) is 0 Å². The van der Waals surface area contributed by atoms with Crippen LogP contribution in [-0.2, 0) is 31.7 Å². The molecule has 0 fully saturated rings. The van der Waals surface area contributed by atoms with Crippen LogP contribution in [0.4, 0.5) is 0 Å². The van der Waals surface area contributed by atoms with E-state index in [2.05, 4.69) is 109 Å². The van der Waals surface area contributed by atoms with Crippen LogP contribution in [0.15, 0.2) is 57.9 Å². The van der Waals surface area contributed by atoms with Crippen LogP contribution < -0.4 is 24.8 Å². The summed E-state index contributed by atoms with van der Waals surface area (Å²) in [6, 6.07) is 14.8. The Bertz CT molecular complexity index is 975. The summed E-state index contributed by atoms with van der Waals surface area (Å²) in [4.78, 5) is 0. The molecule has 0 saturated carbocycles. The number of halogens is 2. The van der Waals surface area contributed by atoms with Gasteiger partial charge in [0.15, 0.2) is 0 Å². The molecule has 4 rings (SSSR count). The number of rotatable bonds is 3. The van der Waals surface area contributed by atoms with Crippen LogP contribution in [-0.4, -0.2) is 5.92 Å². The van der Waals surface area contributed by atoms with E-state index in [0.717, 1.165) is 0 Å². The third-order valence-corrected chi connectivity index (χ3v) is 27.2. The van der Waals surface area contributed by atoms with Crippen LogP contribution in [0.5, 0.6) is 0 Å². The molecule has 0 aromatic heterocycles. The zero-order chi connectivity index (χ0) is 21.8. The van der Waals surface area contributed by atoms with Gasteiger partial charge in [0.1, 0.15) is 0 Å². The molecule has 0 N–H and O–H groups in total. The predicted octanol–water partition coefficient (Wildman–Crippen LogP) is 1.80. The molecule has 2 aliphatic carbocycles. The molecule has 0 nitrogen and oxygen atoms in total. The summed E-state index contributed by atoms with van der Waals surface area (Å²) in [5.74, 6) is -0.736. The molecule has 0 unspecified atom stereocenters. The first-order valence-electron chi connectivity index (χ1n) is 11.5. The summed E-state index contributed by atoms with van der Waals surface area (Å²) >= 11 is -1.83. The van der Waals surface area contributed by atoms with Crippen molar-refractivity contribution < 1.29 is 45.7 Å². The second kappa shape index (κ2) is 10.1. The first-order valence-corrected chi connectivity index (χ1v) is 21.3. The Morgan fingerprint density at radius 3 is 1.59 bits per heavy atom. The molecule has 0 spiro atoms. The zero-order valence-electron chi connectivity index (χ0n) is 20.8.